The maximum Gasteiger partial charge on any atom is 0.326 e. The molecular weight excluding hydrogens is 360 g/mol. The van der Waals surface area contributed by atoms with Crippen molar-refractivity contribution < 1.29 is 24.6 Å². The smallest absolute Gasteiger partial charge is 0.326 e. The third kappa shape index (κ3) is 4.97. The largest absolute Gasteiger partial charge is 0.508 e. The summed E-state index contributed by atoms with van der Waals surface area (Å²) in [4.78, 5) is 35.0. The molecule has 8 heteroatoms. The molecule has 0 bridgehead atoms. The minimum Gasteiger partial charge on any atom is -0.508 e. The fraction of sp³-hybridized carbons (Fsp3) is 0.167. The molecule has 2 atom stereocenters. The number of phenolic OH excluding ortho intramolecular Hbond substituents is 1. The van der Waals surface area contributed by atoms with Crippen LogP contribution in [0.4, 0.5) is 0 Å². The summed E-state index contributed by atoms with van der Waals surface area (Å²) in [6.07, 6.45) is 0.0421. The van der Waals surface area contributed by atoms with Gasteiger partial charge in [0.2, 0.25) is 5.91 Å². The van der Waals surface area contributed by atoms with Gasteiger partial charge in [0.25, 0.3) is 5.91 Å². The average molecular weight is 377 g/mol. The number of rotatable bonds is 7. The van der Waals surface area contributed by atoms with E-state index in [0.717, 1.165) is 0 Å². The Morgan fingerprint density at radius 2 is 1.77 bits per heavy atom. The van der Waals surface area contributed by atoms with Crippen LogP contribution >= 0.6 is 11.6 Å². The molecule has 7 nitrogen and oxygen atoms in total. The lowest BCUT2D eigenvalue weighted by Gasteiger charge is -2.15. The number of nitrogens with one attached hydrogen (secondary N) is 1. The lowest BCUT2D eigenvalue weighted by molar-refractivity contribution is -0.139. The Morgan fingerprint density at radius 3 is 2.35 bits per heavy atom. The van der Waals surface area contributed by atoms with Crippen molar-refractivity contribution in [2.75, 3.05) is 0 Å². The quantitative estimate of drug-likeness (QED) is 0.545. The van der Waals surface area contributed by atoms with Crippen molar-refractivity contribution in [2.45, 2.75) is 17.8 Å². The molecule has 0 aliphatic rings. The van der Waals surface area contributed by atoms with Crippen LogP contribution < -0.4 is 11.1 Å². The van der Waals surface area contributed by atoms with Crippen molar-refractivity contribution in [2.24, 2.45) is 5.73 Å². The van der Waals surface area contributed by atoms with E-state index in [2.05, 4.69) is 5.32 Å². The van der Waals surface area contributed by atoms with E-state index in [1.807, 2.05) is 0 Å². The van der Waals surface area contributed by atoms with Crippen molar-refractivity contribution >= 4 is 29.4 Å². The molecule has 0 radical (unpaired) electrons. The number of carboxylic acids is 1. The summed E-state index contributed by atoms with van der Waals surface area (Å²) in [5.41, 5.74) is 6.29. The molecule has 0 spiro atoms. The number of hydrogen-bond acceptors (Lipinski definition) is 4. The molecule has 0 aliphatic carbocycles. The minimum absolute atomic E-state index is 0.0421. The second kappa shape index (κ2) is 8.35. The van der Waals surface area contributed by atoms with E-state index < -0.39 is 29.2 Å². The van der Waals surface area contributed by atoms with Crippen molar-refractivity contribution in [3.8, 4) is 5.75 Å². The number of carboxylic acid groups (broad SMARTS) is 1. The molecular formula is C18H17ClN2O5. The summed E-state index contributed by atoms with van der Waals surface area (Å²) >= 11 is 5.87. The summed E-state index contributed by atoms with van der Waals surface area (Å²) in [5, 5.41) is 20.0. The zero-order valence-corrected chi connectivity index (χ0v) is 14.3. The topological polar surface area (TPSA) is 130 Å². The van der Waals surface area contributed by atoms with E-state index in [0.29, 0.717) is 11.1 Å². The van der Waals surface area contributed by atoms with Gasteiger partial charge in [0.05, 0.1) is 0 Å². The summed E-state index contributed by atoms with van der Waals surface area (Å²) < 4.78 is 0. The van der Waals surface area contributed by atoms with Gasteiger partial charge in [-0.05, 0) is 35.4 Å². The Kier molecular flexibility index (Phi) is 6.19. The number of hydrogen-bond donors (Lipinski definition) is 4. The van der Waals surface area contributed by atoms with Gasteiger partial charge in [-0.3, -0.25) is 9.59 Å². The first kappa shape index (κ1) is 19.3. The Labute approximate surface area is 154 Å². The van der Waals surface area contributed by atoms with E-state index in [1.165, 1.54) is 30.3 Å². The van der Waals surface area contributed by atoms with E-state index in [9.17, 15) is 24.6 Å². The molecule has 26 heavy (non-hydrogen) atoms. The van der Waals surface area contributed by atoms with Crippen LogP contribution in [-0.2, 0) is 16.0 Å². The molecule has 1 unspecified atom stereocenters. The Bertz CT molecular complexity index is 823. The summed E-state index contributed by atoms with van der Waals surface area (Å²) in [6, 6.07) is 10.8. The molecule has 2 aromatic carbocycles. The van der Waals surface area contributed by atoms with E-state index in [1.54, 1.807) is 18.2 Å². The maximum absolute atomic E-state index is 12.4. The number of benzene rings is 2. The van der Waals surface area contributed by atoms with Gasteiger partial charge >= 0.3 is 5.97 Å². The van der Waals surface area contributed by atoms with Crippen LogP contribution in [-0.4, -0.2) is 34.0 Å². The summed E-state index contributed by atoms with van der Waals surface area (Å²) in [7, 11) is 0. The molecule has 0 heterocycles. The molecule has 0 fully saturated rings. The van der Waals surface area contributed by atoms with Crippen LogP contribution in [0.1, 0.15) is 26.9 Å². The van der Waals surface area contributed by atoms with Gasteiger partial charge in [-0.25, -0.2) is 4.79 Å². The predicted molar refractivity (Wildman–Crippen MR) is 94.9 cm³/mol. The summed E-state index contributed by atoms with van der Waals surface area (Å²) in [5.74, 6) is -2.51. The van der Waals surface area contributed by atoms with E-state index >= 15 is 0 Å². The zero-order valence-electron chi connectivity index (χ0n) is 13.6. The highest BCUT2D eigenvalue weighted by atomic mass is 35.5. The predicted octanol–water partition coefficient (Wildman–Crippen LogP) is 1.58. The first-order valence-corrected chi connectivity index (χ1v) is 8.06. The number of primary amides is 1. The van der Waals surface area contributed by atoms with Gasteiger partial charge in [0.1, 0.15) is 17.2 Å². The van der Waals surface area contributed by atoms with Crippen LogP contribution in [0.15, 0.2) is 48.5 Å². The maximum atomic E-state index is 12.4. The van der Waals surface area contributed by atoms with Crippen LogP contribution in [0.2, 0.25) is 0 Å². The van der Waals surface area contributed by atoms with E-state index in [4.69, 9.17) is 17.3 Å². The lowest BCUT2D eigenvalue weighted by atomic mass is 10.0. The molecule has 2 rings (SSSR count). The fourth-order valence-corrected chi connectivity index (χ4v) is 2.45. The highest BCUT2D eigenvalue weighted by molar-refractivity contribution is 6.30. The van der Waals surface area contributed by atoms with Crippen molar-refractivity contribution in [3.63, 3.8) is 0 Å². The fourth-order valence-electron chi connectivity index (χ4n) is 2.31. The second-order valence-corrected chi connectivity index (χ2v) is 6.06. The number of aromatic hydroxyl groups is 1. The molecule has 136 valence electrons. The number of aliphatic carboxylic acids is 1. The van der Waals surface area contributed by atoms with Gasteiger partial charge < -0.3 is 21.3 Å². The van der Waals surface area contributed by atoms with Crippen molar-refractivity contribution in [3.05, 3.63) is 65.2 Å². The average Bonchev–Trinajstić information content (AvgIpc) is 2.62. The SMILES string of the molecule is NC(=O)C(Cl)c1cccc(C(=O)N[C@@H](Cc2ccc(O)cc2)C(=O)O)c1. The monoisotopic (exact) mass is 376 g/mol. The van der Waals surface area contributed by atoms with Crippen LogP contribution in [0.3, 0.4) is 0 Å². The Balaban J connectivity index is 2.14. The lowest BCUT2D eigenvalue weighted by Crippen LogP contribution is -2.42. The van der Waals surface area contributed by atoms with E-state index in [-0.39, 0.29) is 17.7 Å². The van der Waals surface area contributed by atoms with Crippen LogP contribution in [0.5, 0.6) is 5.75 Å². The highest BCUT2D eigenvalue weighted by Crippen LogP contribution is 2.21. The summed E-state index contributed by atoms with van der Waals surface area (Å²) in [6.45, 7) is 0. The van der Waals surface area contributed by atoms with Gasteiger partial charge in [-0.15, -0.1) is 11.6 Å². The number of nitrogens with two attached hydrogens (primary N) is 1. The highest BCUT2D eigenvalue weighted by Gasteiger charge is 2.22. The normalized spacial score (nSPS) is 12.8. The van der Waals surface area contributed by atoms with Gasteiger partial charge in [0.15, 0.2) is 0 Å². The molecule has 5 N–H and O–H groups in total. The zero-order chi connectivity index (χ0) is 19.3. The van der Waals surface area contributed by atoms with Gasteiger partial charge in [0, 0.05) is 12.0 Å². The number of alkyl halides is 1. The molecule has 0 saturated heterocycles. The second-order valence-electron chi connectivity index (χ2n) is 5.63. The molecule has 0 aliphatic heterocycles. The first-order chi connectivity index (χ1) is 12.3. The third-order valence-corrected chi connectivity index (χ3v) is 4.14. The van der Waals surface area contributed by atoms with Crippen molar-refractivity contribution in [1.82, 2.24) is 5.32 Å². The van der Waals surface area contributed by atoms with Crippen LogP contribution in [0.25, 0.3) is 0 Å². The van der Waals surface area contributed by atoms with Crippen molar-refractivity contribution in [1.29, 1.82) is 0 Å². The number of phenols is 1. The number of amides is 2. The first-order valence-electron chi connectivity index (χ1n) is 7.63. The van der Waals surface area contributed by atoms with Crippen LogP contribution in [0, 0.1) is 0 Å². The molecule has 0 aromatic heterocycles. The molecule has 2 aromatic rings. The minimum atomic E-state index is -1.20. The molecule has 2 amide bonds. The molecule has 0 saturated carbocycles. The third-order valence-electron chi connectivity index (χ3n) is 3.67. The number of halogens is 1. The number of carbonyl (C=O) groups excluding carboxylic acids is 2. The van der Waals surface area contributed by atoms with Gasteiger partial charge in [-0.2, -0.15) is 0 Å². The Hall–Kier alpha value is -3.06. The van der Waals surface area contributed by atoms with Gasteiger partial charge in [-0.1, -0.05) is 24.3 Å². The Morgan fingerprint density at radius 1 is 1.12 bits per heavy atom. The number of carbonyl (C=O) groups is 3. The standard InChI is InChI=1S/C18H17ClN2O5/c19-15(16(20)23)11-2-1-3-12(9-11)17(24)21-14(18(25)26)8-10-4-6-13(22)7-5-10/h1-7,9,14-15,22H,8H2,(H2,20,23)(H,21,24)(H,25,26)/t14-,15?/m0/s1.